The van der Waals surface area contributed by atoms with Gasteiger partial charge in [0.15, 0.2) is 0 Å². The van der Waals surface area contributed by atoms with E-state index in [0.717, 1.165) is 6.42 Å². The summed E-state index contributed by atoms with van der Waals surface area (Å²) in [4.78, 5) is 0. The topological polar surface area (TPSA) is 55.5 Å². The molecule has 1 aliphatic rings. The highest BCUT2D eigenvalue weighted by Crippen LogP contribution is 2.35. The Hall–Kier alpha value is -0.560. The Kier molecular flexibility index (Phi) is 4.01. The number of rotatable bonds is 3. The van der Waals surface area contributed by atoms with Crippen molar-refractivity contribution in [1.82, 2.24) is 0 Å². The zero-order chi connectivity index (χ0) is 12.5. The molecule has 1 rings (SSSR count). The lowest BCUT2D eigenvalue weighted by Gasteiger charge is -2.29. The molecule has 0 unspecified atom stereocenters. The van der Waals surface area contributed by atoms with Crippen LogP contribution in [0.1, 0.15) is 34.1 Å². The molecule has 1 aliphatic heterocycles. The molecule has 4 atom stereocenters. The number of hydrogen-bond donors (Lipinski definition) is 2. The van der Waals surface area contributed by atoms with Gasteiger partial charge in [-0.2, -0.15) is 0 Å². The average Bonchev–Trinajstić information content (AvgIpc) is 2.43. The SMILES string of the molecule is C#C[C@@]1(N)[C@H](O)[C@@H](CC(C)C)O[C@H]1C(C)C. The molecule has 0 aliphatic carbocycles. The maximum absolute atomic E-state index is 10.2. The highest BCUT2D eigenvalue weighted by Gasteiger charge is 2.53. The first-order chi connectivity index (χ1) is 7.32. The van der Waals surface area contributed by atoms with E-state index < -0.39 is 11.6 Å². The van der Waals surface area contributed by atoms with Crippen LogP contribution in [0.3, 0.4) is 0 Å². The fourth-order valence-electron chi connectivity index (χ4n) is 2.38. The lowest BCUT2D eigenvalue weighted by molar-refractivity contribution is -0.0166. The highest BCUT2D eigenvalue weighted by atomic mass is 16.5. The second-order valence-electron chi connectivity index (χ2n) is 5.49. The normalized spacial score (nSPS) is 39.3. The standard InChI is InChI=1S/C13H23NO2/c1-6-13(14)11(15)10(7-8(2)3)16-12(13)9(4)5/h1,8-12,15H,7,14H2,2-5H3/t10-,11-,12+,13-/m1/s1. The minimum atomic E-state index is -1.05. The molecule has 0 aromatic heterocycles. The number of ether oxygens (including phenoxy) is 1. The Morgan fingerprint density at radius 2 is 2.00 bits per heavy atom. The molecule has 3 N–H and O–H groups in total. The van der Waals surface area contributed by atoms with Gasteiger partial charge >= 0.3 is 0 Å². The van der Waals surface area contributed by atoms with Crippen molar-refractivity contribution in [2.75, 3.05) is 0 Å². The Balaban J connectivity index is 2.88. The number of terminal acetylenes is 1. The molecule has 0 saturated carbocycles. The minimum absolute atomic E-state index is 0.202. The number of aliphatic hydroxyl groups is 1. The second-order valence-corrected chi connectivity index (χ2v) is 5.49. The van der Waals surface area contributed by atoms with Crippen LogP contribution in [0.4, 0.5) is 0 Å². The van der Waals surface area contributed by atoms with Crippen LogP contribution in [0.15, 0.2) is 0 Å². The summed E-state index contributed by atoms with van der Waals surface area (Å²) in [5, 5.41) is 10.2. The first kappa shape index (κ1) is 13.5. The molecule has 0 spiro atoms. The lowest BCUT2D eigenvalue weighted by atomic mass is 9.82. The van der Waals surface area contributed by atoms with Crippen LogP contribution < -0.4 is 5.73 Å². The molecule has 3 nitrogen and oxygen atoms in total. The molecule has 3 heteroatoms. The first-order valence-electron chi connectivity index (χ1n) is 5.93. The van der Waals surface area contributed by atoms with Crippen LogP contribution in [0.5, 0.6) is 0 Å². The molecule has 0 bridgehead atoms. The van der Waals surface area contributed by atoms with Crippen LogP contribution in [-0.2, 0) is 4.74 Å². The van der Waals surface area contributed by atoms with E-state index in [4.69, 9.17) is 16.9 Å². The van der Waals surface area contributed by atoms with Crippen molar-refractivity contribution in [2.24, 2.45) is 17.6 Å². The third-order valence-corrected chi connectivity index (χ3v) is 3.19. The summed E-state index contributed by atoms with van der Waals surface area (Å²) < 4.78 is 5.83. The van der Waals surface area contributed by atoms with Crippen molar-refractivity contribution >= 4 is 0 Å². The van der Waals surface area contributed by atoms with E-state index in [1.165, 1.54) is 0 Å². The van der Waals surface area contributed by atoms with E-state index in [2.05, 4.69) is 19.8 Å². The van der Waals surface area contributed by atoms with Crippen molar-refractivity contribution in [3.63, 3.8) is 0 Å². The predicted octanol–water partition coefficient (Wildman–Crippen LogP) is 1.15. The number of nitrogens with two attached hydrogens (primary N) is 1. The van der Waals surface area contributed by atoms with Crippen LogP contribution in [-0.4, -0.2) is 29.0 Å². The van der Waals surface area contributed by atoms with Crippen molar-refractivity contribution in [3.8, 4) is 12.3 Å². The van der Waals surface area contributed by atoms with E-state index in [0.29, 0.717) is 5.92 Å². The molecule has 0 aromatic carbocycles. The lowest BCUT2D eigenvalue weighted by Crippen LogP contribution is -2.56. The van der Waals surface area contributed by atoms with Gasteiger partial charge in [0, 0.05) is 0 Å². The van der Waals surface area contributed by atoms with Gasteiger partial charge in [-0.25, -0.2) is 0 Å². The number of aliphatic hydroxyl groups excluding tert-OH is 1. The van der Waals surface area contributed by atoms with Gasteiger partial charge in [0.05, 0.1) is 12.2 Å². The molecular formula is C13H23NO2. The van der Waals surface area contributed by atoms with Gasteiger partial charge in [-0.1, -0.05) is 33.6 Å². The Morgan fingerprint density at radius 3 is 2.31 bits per heavy atom. The molecule has 0 amide bonds. The van der Waals surface area contributed by atoms with Gasteiger partial charge in [-0.15, -0.1) is 6.42 Å². The molecule has 1 heterocycles. The predicted molar refractivity (Wildman–Crippen MR) is 64.7 cm³/mol. The maximum atomic E-state index is 10.2. The summed E-state index contributed by atoms with van der Waals surface area (Å²) in [6.45, 7) is 8.20. The van der Waals surface area contributed by atoms with Crippen LogP contribution in [0.2, 0.25) is 0 Å². The van der Waals surface area contributed by atoms with Crippen molar-refractivity contribution in [2.45, 2.75) is 58.0 Å². The Morgan fingerprint density at radius 1 is 1.44 bits per heavy atom. The first-order valence-corrected chi connectivity index (χ1v) is 5.93. The molecule has 0 radical (unpaired) electrons. The molecule has 92 valence electrons. The molecule has 1 fully saturated rings. The van der Waals surface area contributed by atoms with Gasteiger partial charge in [0.2, 0.25) is 0 Å². The largest absolute Gasteiger partial charge is 0.387 e. The van der Waals surface area contributed by atoms with E-state index in [9.17, 15) is 5.11 Å². The van der Waals surface area contributed by atoms with Crippen LogP contribution in [0.25, 0.3) is 0 Å². The third kappa shape index (κ3) is 2.24. The smallest absolute Gasteiger partial charge is 0.133 e. The van der Waals surface area contributed by atoms with E-state index in [1.807, 2.05) is 13.8 Å². The van der Waals surface area contributed by atoms with E-state index in [1.54, 1.807) is 0 Å². The summed E-state index contributed by atoms with van der Waals surface area (Å²) in [6, 6.07) is 0. The van der Waals surface area contributed by atoms with Gasteiger partial charge in [-0.3, -0.25) is 0 Å². The monoisotopic (exact) mass is 225 g/mol. The fourth-order valence-corrected chi connectivity index (χ4v) is 2.38. The van der Waals surface area contributed by atoms with Crippen LogP contribution >= 0.6 is 0 Å². The van der Waals surface area contributed by atoms with Gasteiger partial charge in [-0.05, 0) is 18.3 Å². The van der Waals surface area contributed by atoms with Gasteiger partial charge in [0.1, 0.15) is 11.6 Å². The quantitative estimate of drug-likeness (QED) is 0.708. The highest BCUT2D eigenvalue weighted by molar-refractivity contribution is 5.24. The molecule has 0 aromatic rings. The van der Waals surface area contributed by atoms with E-state index >= 15 is 0 Å². The molecular weight excluding hydrogens is 202 g/mol. The van der Waals surface area contributed by atoms with Gasteiger partial charge in [0.25, 0.3) is 0 Å². The van der Waals surface area contributed by atoms with Crippen molar-refractivity contribution in [1.29, 1.82) is 0 Å². The summed E-state index contributed by atoms with van der Waals surface area (Å²) in [7, 11) is 0. The minimum Gasteiger partial charge on any atom is -0.387 e. The Labute approximate surface area is 98.4 Å². The third-order valence-electron chi connectivity index (χ3n) is 3.19. The zero-order valence-electron chi connectivity index (χ0n) is 10.6. The summed E-state index contributed by atoms with van der Waals surface area (Å²) in [5.74, 6) is 3.18. The molecule has 1 saturated heterocycles. The number of hydrogen-bond acceptors (Lipinski definition) is 3. The van der Waals surface area contributed by atoms with Gasteiger partial charge < -0.3 is 15.6 Å². The second kappa shape index (κ2) is 4.75. The average molecular weight is 225 g/mol. The Bertz CT molecular complexity index is 282. The fraction of sp³-hybridized carbons (Fsp3) is 0.846. The zero-order valence-corrected chi connectivity index (χ0v) is 10.6. The summed E-state index contributed by atoms with van der Waals surface area (Å²) in [5.41, 5.74) is 5.05. The summed E-state index contributed by atoms with van der Waals surface area (Å²) >= 11 is 0. The van der Waals surface area contributed by atoms with E-state index in [-0.39, 0.29) is 18.1 Å². The van der Waals surface area contributed by atoms with Crippen molar-refractivity contribution in [3.05, 3.63) is 0 Å². The van der Waals surface area contributed by atoms with Crippen LogP contribution in [0, 0.1) is 24.2 Å². The molecule has 16 heavy (non-hydrogen) atoms. The van der Waals surface area contributed by atoms with Crippen molar-refractivity contribution < 1.29 is 9.84 Å². The summed E-state index contributed by atoms with van der Waals surface area (Å²) in [6.07, 6.45) is 4.97. The maximum Gasteiger partial charge on any atom is 0.133 e.